The lowest BCUT2D eigenvalue weighted by Crippen LogP contribution is -2.29. The van der Waals surface area contributed by atoms with Crippen molar-refractivity contribution < 1.29 is 24.4 Å². The van der Waals surface area contributed by atoms with Crippen LogP contribution in [0.3, 0.4) is 0 Å². The topological polar surface area (TPSA) is 173 Å². The highest BCUT2D eigenvalue weighted by Gasteiger charge is 2.36. The minimum atomic E-state index is -0.704. The van der Waals surface area contributed by atoms with Crippen molar-refractivity contribution in [3.05, 3.63) is 80.2 Å². The fraction of sp³-hybridized carbons (Fsp3) is 0.0476. The molecule has 0 saturated carbocycles. The number of carbonyl (C=O) groups is 3. The predicted octanol–water partition coefficient (Wildman–Crippen LogP) is 3.08. The van der Waals surface area contributed by atoms with Gasteiger partial charge in [-0.05, 0) is 41.7 Å². The molecular formula is C21H12BrN7O6S. The quantitative estimate of drug-likeness (QED) is 0.201. The number of amides is 2. The number of phenols is 1. The summed E-state index contributed by atoms with van der Waals surface area (Å²) >= 11 is 3.98. The number of Topliss-reactive ketones (excluding diaryl/α,β-unsaturated/α-hetero) is 1. The number of nitrogens with zero attached hydrogens (tertiary/aromatic N) is 6. The van der Waals surface area contributed by atoms with Crippen molar-refractivity contribution in [3.63, 3.8) is 0 Å². The molecule has 0 atom stereocenters. The van der Waals surface area contributed by atoms with E-state index in [1.54, 1.807) is 18.2 Å². The van der Waals surface area contributed by atoms with E-state index in [1.165, 1.54) is 34.0 Å². The van der Waals surface area contributed by atoms with E-state index in [9.17, 15) is 29.6 Å². The minimum Gasteiger partial charge on any atom is -0.507 e. The molecule has 5 rings (SSSR count). The zero-order chi connectivity index (χ0) is 25.6. The molecule has 0 spiro atoms. The molecule has 0 aliphatic carbocycles. The van der Waals surface area contributed by atoms with Gasteiger partial charge in [-0.1, -0.05) is 21.1 Å². The van der Waals surface area contributed by atoms with Gasteiger partial charge in [-0.3, -0.25) is 34.7 Å². The maximum absolute atomic E-state index is 12.5. The van der Waals surface area contributed by atoms with Crippen LogP contribution in [0, 0.1) is 10.1 Å². The molecule has 13 nitrogen and oxygen atoms in total. The smallest absolute Gasteiger partial charge is 0.345 e. The van der Waals surface area contributed by atoms with E-state index in [1.807, 2.05) is 0 Å². The van der Waals surface area contributed by atoms with Crippen molar-refractivity contribution in [2.45, 2.75) is 6.54 Å². The van der Waals surface area contributed by atoms with Gasteiger partial charge in [-0.25, -0.2) is 9.67 Å². The van der Waals surface area contributed by atoms with E-state index in [0.29, 0.717) is 38.4 Å². The Kier molecular flexibility index (Phi) is 5.77. The second-order valence-corrected chi connectivity index (χ2v) is 9.38. The molecule has 1 aliphatic rings. The lowest BCUT2D eigenvalue weighted by molar-refractivity contribution is -0.380. The third kappa shape index (κ3) is 4.20. The Hall–Kier alpha value is -4.50. The molecule has 0 unspecified atom stereocenters. The van der Waals surface area contributed by atoms with Crippen LogP contribution < -0.4 is 10.2 Å². The Morgan fingerprint density at radius 1 is 1.22 bits per heavy atom. The first-order chi connectivity index (χ1) is 17.2. The van der Waals surface area contributed by atoms with Crippen LogP contribution >= 0.6 is 27.3 Å². The number of ketones is 1. The number of anilines is 2. The minimum absolute atomic E-state index is 0.00558. The molecule has 36 heavy (non-hydrogen) atoms. The van der Waals surface area contributed by atoms with Crippen LogP contribution in [0.5, 0.6) is 5.75 Å². The van der Waals surface area contributed by atoms with E-state index < -0.39 is 22.5 Å². The second kappa shape index (κ2) is 8.94. The molecule has 2 amide bonds. The predicted molar refractivity (Wildman–Crippen MR) is 129 cm³/mol. The third-order valence-electron chi connectivity index (χ3n) is 5.18. The molecule has 15 heteroatoms. The molecule has 1 aliphatic heterocycles. The first-order valence-electron chi connectivity index (χ1n) is 10.0. The molecule has 0 radical (unpaired) electrons. The second-order valence-electron chi connectivity index (χ2n) is 7.45. The maximum atomic E-state index is 12.5. The number of phenolic OH excluding ortho intramolecular Hbond substituents is 1. The summed E-state index contributed by atoms with van der Waals surface area (Å²) in [5, 5.41) is 31.4. The highest BCUT2D eigenvalue weighted by Crippen LogP contribution is 2.32. The van der Waals surface area contributed by atoms with E-state index >= 15 is 0 Å². The maximum Gasteiger partial charge on any atom is 0.345 e. The number of aromatic nitrogens is 4. The van der Waals surface area contributed by atoms with Crippen LogP contribution in [0.1, 0.15) is 26.4 Å². The monoisotopic (exact) mass is 569 g/mol. The lowest BCUT2D eigenvalue weighted by Gasteiger charge is -2.14. The number of halogens is 1. The zero-order valence-corrected chi connectivity index (χ0v) is 20.2. The summed E-state index contributed by atoms with van der Waals surface area (Å²) in [4.78, 5) is 52.4. The third-order valence-corrected chi connectivity index (χ3v) is 6.54. The normalized spacial score (nSPS) is 12.6. The van der Waals surface area contributed by atoms with Crippen molar-refractivity contribution in [1.29, 1.82) is 0 Å². The number of rotatable bonds is 6. The molecule has 2 N–H and O–H groups in total. The van der Waals surface area contributed by atoms with Gasteiger partial charge < -0.3 is 5.11 Å². The Labute approximate surface area is 213 Å². The average molecular weight is 570 g/mol. The zero-order valence-electron chi connectivity index (χ0n) is 17.8. The average Bonchev–Trinajstić information content (AvgIpc) is 3.56. The molecule has 2 aromatic heterocycles. The summed E-state index contributed by atoms with van der Waals surface area (Å²) in [6.07, 6.45) is 2.55. The van der Waals surface area contributed by atoms with Crippen LogP contribution in [0.2, 0.25) is 0 Å². The Morgan fingerprint density at radius 2 is 2.03 bits per heavy atom. The number of thiazole rings is 1. The van der Waals surface area contributed by atoms with Gasteiger partial charge in [0.15, 0.2) is 5.13 Å². The van der Waals surface area contributed by atoms with Crippen molar-refractivity contribution in [2.75, 3.05) is 10.2 Å². The van der Waals surface area contributed by atoms with Gasteiger partial charge in [-0.2, -0.15) is 0 Å². The molecule has 0 bridgehead atoms. The number of carbonyl (C=O) groups excluding carboxylic acids is 3. The summed E-state index contributed by atoms with van der Waals surface area (Å²) in [5.41, 5.74) is 1.45. The van der Waals surface area contributed by atoms with Gasteiger partial charge in [-0.15, -0.1) is 5.10 Å². The van der Waals surface area contributed by atoms with Gasteiger partial charge in [0.2, 0.25) is 0 Å². The van der Waals surface area contributed by atoms with Crippen LogP contribution in [0.15, 0.2) is 53.3 Å². The summed E-state index contributed by atoms with van der Waals surface area (Å²) in [5.74, 6) is -2.35. The van der Waals surface area contributed by atoms with Gasteiger partial charge in [0.25, 0.3) is 17.6 Å². The van der Waals surface area contributed by atoms with E-state index in [-0.39, 0.29) is 28.0 Å². The summed E-state index contributed by atoms with van der Waals surface area (Å²) in [6.45, 7) is 0.00558. The molecule has 3 heterocycles. The van der Waals surface area contributed by atoms with Gasteiger partial charge in [0, 0.05) is 10.5 Å². The van der Waals surface area contributed by atoms with Crippen LogP contribution in [0.4, 0.5) is 15.8 Å². The van der Waals surface area contributed by atoms with Gasteiger partial charge in [0.05, 0.1) is 40.2 Å². The van der Waals surface area contributed by atoms with Crippen molar-refractivity contribution in [1.82, 2.24) is 20.0 Å². The Morgan fingerprint density at radius 3 is 2.75 bits per heavy atom. The fourth-order valence-electron chi connectivity index (χ4n) is 3.52. The summed E-state index contributed by atoms with van der Waals surface area (Å²) in [6, 6.07) is 9.12. The lowest BCUT2D eigenvalue weighted by atomic mass is 10.1. The first-order valence-corrected chi connectivity index (χ1v) is 11.6. The fourth-order valence-corrected chi connectivity index (χ4v) is 4.50. The van der Waals surface area contributed by atoms with Crippen LogP contribution in [-0.2, 0) is 11.3 Å². The summed E-state index contributed by atoms with van der Waals surface area (Å²) in [7, 11) is 0. The number of nitro groups is 1. The van der Waals surface area contributed by atoms with E-state index in [4.69, 9.17) is 0 Å². The molecule has 0 saturated heterocycles. The Bertz CT molecular complexity index is 1580. The molecule has 4 aromatic rings. The van der Waals surface area contributed by atoms with Gasteiger partial charge in [0.1, 0.15) is 17.6 Å². The van der Waals surface area contributed by atoms with Crippen molar-refractivity contribution >= 4 is 60.7 Å². The molecule has 180 valence electrons. The number of hydrogen-bond donors (Lipinski definition) is 2. The number of nitrogens with one attached hydrogen (secondary N) is 1. The van der Waals surface area contributed by atoms with Crippen LogP contribution in [-0.4, -0.2) is 47.6 Å². The summed E-state index contributed by atoms with van der Waals surface area (Å²) < 4.78 is 2.02. The van der Waals surface area contributed by atoms with E-state index in [0.717, 1.165) is 6.20 Å². The highest BCUT2D eigenvalue weighted by atomic mass is 79.9. The van der Waals surface area contributed by atoms with Crippen molar-refractivity contribution in [3.8, 4) is 11.4 Å². The standard InChI is InChI=1S/C21H12BrN7O6S/c22-10-1-4-15-14(5-10)18(31)20(33)27(15)8-11-9-28(26-25-11)12-2-3-13(16(30)6-12)19(32)24-21-23-7-17(36-21)29(34)35/h1-7,9,30H,8H2,(H,23,24,32). The van der Waals surface area contributed by atoms with E-state index in [2.05, 4.69) is 36.5 Å². The SMILES string of the molecule is O=C(Nc1ncc([N+](=O)[O-])s1)c1ccc(-n2cc(CN3C(=O)C(=O)c4cc(Br)ccc43)nn2)cc1O. The number of benzene rings is 2. The number of hydrogen-bond acceptors (Lipinski definition) is 10. The molecule has 0 fully saturated rings. The first kappa shape index (κ1) is 23.3. The highest BCUT2D eigenvalue weighted by molar-refractivity contribution is 9.10. The number of aromatic hydroxyl groups is 1. The molecular weight excluding hydrogens is 558 g/mol. The Balaban J connectivity index is 1.32. The van der Waals surface area contributed by atoms with Crippen molar-refractivity contribution in [2.24, 2.45) is 0 Å². The van der Waals surface area contributed by atoms with Crippen LogP contribution in [0.25, 0.3) is 5.69 Å². The largest absolute Gasteiger partial charge is 0.507 e. The molecule has 2 aromatic carbocycles. The van der Waals surface area contributed by atoms with Gasteiger partial charge >= 0.3 is 5.00 Å². The number of fused-ring (bicyclic) bond motifs is 1.